The van der Waals surface area contributed by atoms with Crippen LogP contribution in [0.25, 0.3) is 11.1 Å². The van der Waals surface area contributed by atoms with Crippen molar-refractivity contribution >= 4 is 21.1 Å². The second-order valence-electron chi connectivity index (χ2n) is 7.24. The highest BCUT2D eigenvalue weighted by atomic mass is 32.2. The first-order chi connectivity index (χ1) is 14.4. The van der Waals surface area contributed by atoms with Gasteiger partial charge in [-0.2, -0.15) is 4.98 Å². The van der Waals surface area contributed by atoms with Gasteiger partial charge in [-0.1, -0.05) is 5.16 Å². The molecule has 1 saturated carbocycles. The van der Waals surface area contributed by atoms with Gasteiger partial charge in [0.25, 0.3) is 0 Å². The summed E-state index contributed by atoms with van der Waals surface area (Å²) in [5.41, 5.74) is 0.598. The standard InChI is InChI=1S/C19H18N4O6S/c1-11-2-5-13(27-11)9-20-30(25,26)14-6-7-15-16(8-14)28-19(24)23(15)10-17-21-18(29-22-17)12-3-4-12/h2,5-8,12,20H,3-4,9-10H2,1H3. The molecule has 1 fully saturated rings. The van der Waals surface area contributed by atoms with Crippen LogP contribution in [-0.2, 0) is 23.1 Å². The van der Waals surface area contributed by atoms with Crippen molar-refractivity contribution in [1.82, 2.24) is 19.4 Å². The first-order valence-electron chi connectivity index (χ1n) is 9.40. The van der Waals surface area contributed by atoms with Gasteiger partial charge in [0.15, 0.2) is 11.4 Å². The summed E-state index contributed by atoms with van der Waals surface area (Å²) in [6, 6.07) is 7.70. The number of aryl methyl sites for hydroxylation is 1. The van der Waals surface area contributed by atoms with Crippen molar-refractivity contribution in [2.45, 2.75) is 43.7 Å². The average molecular weight is 430 g/mol. The van der Waals surface area contributed by atoms with E-state index in [1.54, 1.807) is 19.1 Å². The van der Waals surface area contributed by atoms with E-state index in [0.717, 1.165) is 12.8 Å². The Morgan fingerprint density at radius 1 is 1.20 bits per heavy atom. The number of fused-ring (bicyclic) bond motifs is 1. The smallest absolute Gasteiger partial charge is 0.420 e. The van der Waals surface area contributed by atoms with E-state index in [1.807, 2.05) is 0 Å². The van der Waals surface area contributed by atoms with Crippen LogP contribution in [0.4, 0.5) is 0 Å². The molecule has 0 atom stereocenters. The largest absolute Gasteiger partial charge is 0.465 e. The van der Waals surface area contributed by atoms with E-state index >= 15 is 0 Å². The van der Waals surface area contributed by atoms with Gasteiger partial charge in [0.2, 0.25) is 15.9 Å². The van der Waals surface area contributed by atoms with Gasteiger partial charge in [-0.15, -0.1) is 0 Å². The fourth-order valence-corrected chi connectivity index (χ4v) is 4.17. The molecule has 1 aliphatic rings. The second kappa shape index (κ2) is 6.96. The molecule has 156 valence electrons. The number of furan rings is 1. The third-order valence-electron chi connectivity index (χ3n) is 4.89. The monoisotopic (exact) mass is 430 g/mol. The molecule has 1 N–H and O–H groups in total. The molecule has 1 aromatic carbocycles. The van der Waals surface area contributed by atoms with E-state index in [2.05, 4.69) is 14.9 Å². The molecule has 3 heterocycles. The lowest BCUT2D eigenvalue weighted by molar-refractivity contribution is 0.372. The van der Waals surface area contributed by atoms with Crippen LogP contribution in [0, 0.1) is 6.92 Å². The van der Waals surface area contributed by atoms with E-state index in [9.17, 15) is 13.2 Å². The minimum Gasteiger partial charge on any atom is -0.465 e. The molecule has 11 heteroatoms. The molecule has 3 aromatic heterocycles. The van der Waals surface area contributed by atoms with Crippen LogP contribution in [-0.4, -0.2) is 23.1 Å². The number of aromatic nitrogens is 3. The highest BCUT2D eigenvalue weighted by Gasteiger charge is 2.29. The Balaban J connectivity index is 1.39. The summed E-state index contributed by atoms with van der Waals surface area (Å²) in [6.07, 6.45) is 2.06. The highest BCUT2D eigenvalue weighted by Crippen LogP contribution is 2.38. The second-order valence-corrected chi connectivity index (χ2v) is 9.01. The quantitative estimate of drug-likeness (QED) is 0.472. The molecule has 0 amide bonds. The van der Waals surface area contributed by atoms with Crippen molar-refractivity contribution in [3.8, 4) is 0 Å². The van der Waals surface area contributed by atoms with E-state index in [0.29, 0.717) is 34.7 Å². The van der Waals surface area contributed by atoms with Gasteiger partial charge in [0, 0.05) is 12.0 Å². The molecule has 4 aromatic rings. The normalized spacial score (nSPS) is 14.6. The topological polar surface area (TPSA) is 133 Å². The summed E-state index contributed by atoms with van der Waals surface area (Å²) in [4.78, 5) is 16.6. The third-order valence-corrected chi connectivity index (χ3v) is 6.29. The lowest BCUT2D eigenvalue weighted by atomic mass is 10.3. The molecule has 30 heavy (non-hydrogen) atoms. The van der Waals surface area contributed by atoms with Crippen LogP contribution in [0.3, 0.4) is 0 Å². The SMILES string of the molecule is Cc1ccc(CNS(=O)(=O)c2ccc3c(c2)oc(=O)n3Cc2noc(C3CC3)n2)o1. The fraction of sp³-hybridized carbons (Fsp3) is 0.316. The zero-order valence-electron chi connectivity index (χ0n) is 16.0. The molecule has 1 aliphatic carbocycles. The lowest BCUT2D eigenvalue weighted by Crippen LogP contribution is -2.23. The van der Waals surface area contributed by atoms with Gasteiger partial charge in [-0.25, -0.2) is 17.9 Å². The first-order valence-corrected chi connectivity index (χ1v) is 10.9. The summed E-state index contributed by atoms with van der Waals surface area (Å²) in [5, 5.41) is 3.91. The molecule has 0 spiro atoms. The molecular formula is C19H18N4O6S. The third kappa shape index (κ3) is 3.57. The zero-order chi connectivity index (χ0) is 20.9. The lowest BCUT2D eigenvalue weighted by Gasteiger charge is -2.05. The van der Waals surface area contributed by atoms with Crippen LogP contribution in [0.1, 0.15) is 42.0 Å². The predicted octanol–water partition coefficient (Wildman–Crippen LogP) is 2.28. The van der Waals surface area contributed by atoms with Crippen LogP contribution in [0.15, 0.2) is 53.4 Å². The Labute approximate surface area is 170 Å². The van der Waals surface area contributed by atoms with E-state index < -0.39 is 15.8 Å². The van der Waals surface area contributed by atoms with Gasteiger partial charge < -0.3 is 13.4 Å². The maximum Gasteiger partial charge on any atom is 0.420 e. The molecule has 0 saturated heterocycles. The molecule has 0 unspecified atom stereocenters. The summed E-state index contributed by atoms with van der Waals surface area (Å²) in [6.45, 7) is 1.87. The minimum absolute atomic E-state index is 0.0142. The number of rotatable bonds is 7. The predicted molar refractivity (Wildman–Crippen MR) is 103 cm³/mol. The number of benzene rings is 1. The van der Waals surface area contributed by atoms with Crippen molar-refractivity contribution in [3.05, 3.63) is 64.1 Å². The Morgan fingerprint density at radius 2 is 2.03 bits per heavy atom. The summed E-state index contributed by atoms with van der Waals surface area (Å²) < 4.78 is 44.8. The maximum absolute atomic E-state index is 12.6. The van der Waals surface area contributed by atoms with Crippen LogP contribution in [0.2, 0.25) is 0 Å². The van der Waals surface area contributed by atoms with Crippen LogP contribution < -0.4 is 10.5 Å². The number of oxazole rings is 1. The van der Waals surface area contributed by atoms with Gasteiger partial charge in [0.1, 0.15) is 11.5 Å². The van der Waals surface area contributed by atoms with Gasteiger partial charge in [-0.3, -0.25) is 4.57 Å². The van der Waals surface area contributed by atoms with Crippen molar-refractivity contribution in [2.75, 3.05) is 0 Å². The Kier molecular flexibility index (Phi) is 4.36. The van der Waals surface area contributed by atoms with Crippen LogP contribution in [0.5, 0.6) is 0 Å². The summed E-state index contributed by atoms with van der Waals surface area (Å²) in [5.74, 6) is 1.83. The van der Waals surface area contributed by atoms with Crippen LogP contribution >= 0.6 is 0 Å². The van der Waals surface area contributed by atoms with Gasteiger partial charge in [-0.05, 0) is 44.0 Å². The minimum atomic E-state index is -3.82. The van der Waals surface area contributed by atoms with E-state index in [4.69, 9.17) is 13.4 Å². The Hall–Kier alpha value is -3.18. The highest BCUT2D eigenvalue weighted by molar-refractivity contribution is 7.89. The van der Waals surface area contributed by atoms with Crippen molar-refractivity contribution in [2.24, 2.45) is 0 Å². The van der Waals surface area contributed by atoms with E-state index in [-0.39, 0.29) is 23.6 Å². The number of nitrogens with zero attached hydrogens (tertiary/aromatic N) is 3. The number of hydrogen-bond donors (Lipinski definition) is 1. The van der Waals surface area contributed by atoms with Crippen molar-refractivity contribution in [1.29, 1.82) is 0 Å². The molecule has 10 nitrogen and oxygen atoms in total. The maximum atomic E-state index is 12.6. The van der Waals surface area contributed by atoms with Crippen molar-refractivity contribution < 1.29 is 21.8 Å². The number of nitrogens with one attached hydrogen (secondary N) is 1. The fourth-order valence-electron chi connectivity index (χ4n) is 3.16. The molecule has 0 aliphatic heterocycles. The molecule has 0 radical (unpaired) electrons. The van der Waals surface area contributed by atoms with Gasteiger partial charge >= 0.3 is 5.76 Å². The molecular weight excluding hydrogens is 412 g/mol. The first kappa shape index (κ1) is 18.8. The van der Waals surface area contributed by atoms with Crippen molar-refractivity contribution in [3.63, 3.8) is 0 Å². The Bertz CT molecular complexity index is 1390. The number of hydrogen-bond acceptors (Lipinski definition) is 8. The van der Waals surface area contributed by atoms with E-state index in [1.165, 1.54) is 22.8 Å². The molecule has 5 rings (SSSR count). The molecule has 0 bridgehead atoms. The summed E-state index contributed by atoms with van der Waals surface area (Å²) >= 11 is 0. The zero-order valence-corrected chi connectivity index (χ0v) is 16.8. The Morgan fingerprint density at radius 3 is 2.77 bits per heavy atom. The summed E-state index contributed by atoms with van der Waals surface area (Å²) in [7, 11) is -3.82. The van der Waals surface area contributed by atoms with Gasteiger partial charge in [0.05, 0.1) is 23.5 Å². The number of sulfonamides is 1. The average Bonchev–Trinajstić information content (AvgIpc) is 3.18.